The van der Waals surface area contributed by atoms with E-state index in [-0.39, 0.29) is 78.4 Å². The number of anilines is 2. The summed E-state index contributed by atoms with van der Waals surface area (Å²) in [7, 11) is 0. The van der Waals surface area contributed by atoms with Gasteiger partial charge >= 0.3 is 79.2 Å². The Morgan fingerprint density at radius 2 is 1.00 bits per heavy atom. The first-order valence-corrected chi connectivity index (χ1v) is 5.59. The van der Waals surface area contributed by atoms with Gasteiger partial charge in [0.05, 0.1) is 11.1 Å². The van der Waals surface area contributed by atoms with Gasteiger partial charge in [0, 0.05) is 11.4 Å². The molecule has 0 aromatic heterocycles. The normalized spacial score (nSPS) is 8.36. The molecule has 0 fully saturated rings. The third kappa shape index (κ3) is 7.49. The van der Waals surface area contributed by atoms with Crippen LogP contribution in [0.1, 0.15) is 20.7 Å². The molecule has 2 rings (SSSR count). The van der Waals surface area contributed by atoms with Crippen molar-refractivity contribution in [1.82, 2.24) is 0 Å². The fourth-order valence-electron chi connectivity index (χ4n) is 1.38. The molecule has 6 N–H and O–H groups in total. The molecule has 0 aliphatic rings. The van der Waals surface area contributed by atoms with Gasteiger partial charge in [-0.15, -0.1) is 0 Å². The molecule has 0 aliphatic carbocycles. The molecule has 0 atom stereocenters. The Hall–Kier alpha value is -0.760. The smallest absolute Gasteiger partial charge is 0.478 e. The summed E-state index contributed by atoms with van der Waals surface area (Å²) in [4.78, 5) is 20.7. The molecule has 2 aromatic rings. The summed E-state index contributed by atoms with van der Waals surface area (Å²) in [5, 5.41) is 17.0. The zero-order valence-corrected chi connectivity index (χ0v) is 16.4. The average Bonchev–Trinajstić information content (AvgIpc) is 2.40. The number of hydrogen-bond acceptors (Lipinski definition) is 4. The molecule has 0 saturated heterocycles. The Morgan fingerprint density at radius 3 is 1.18 bits per heavy atom. The number of para-hydroxylation sites is 2. The van der Waals surface area contributed by atoms with Crippen molar-refractivity contribution in [3.05, 3.63) is 59.7 Å². The van der Waals surface area contributed by atoms with E-state index in [0.717, 1.165) is 0 Å². The van der Waals surface area contributed by atoms with Crippen LogP contribution in [0.25, 0.3) is 0 Å². The molecule has 0 aliphatic heterocycles. The van der Waals surface area contributed by atoms with Crippen LogP contribution in [0.5, 0.6) is 0 Å². The zero-order valence-electron chi connectivity index (χ0n) is 12.2. The molecule has 6 nitrogen and oxygen atoms in total. The monoisotopic (exact) mass is 337 g/mol. The summed E-state index contributed by atoms with van der Waals surface area (Å²) in [5.74, 6) is -1.98. The van der Waals surface area contributed by atoms with E-state index in [2.05, 4.69) is 0 Å². The van der Waals surface area contributed by atoms with Crippen molar-refractivity contribution in [2.24, 2.45) is 0 Å². The standard InChI is InChI=1S/2C7H7NO2.Ca.Na/c2*8-6-4-2-1-3-5(6)7(9)10;;/h2*1-4H,8H2,(H,9,10);;/q;;+2;+1. The van der Waals surface area contributed by atoms with Crippen LogP contribution in [-0.4, -0.2) is 59.9 Å². The first kappa shape index (κ1) is 23.5. The largest absolute Gasteiger partial charge is 2.00 e. The average molecular weight is 337 g/mol. The molecule has 0 saturated carbocycles. The summed E-state index contributed by atoms with van der Waals surface area (Å²) < 4.78 is 0. The summed E-state index contributed by atoms with van der Waals surface area (Å²) in [6.45, 7) is 0. The van der Waals surface area contributed by atoms with Crippen molar-refractivity contribution in [2.45, 2.75) is 0 Å². The molecule has 0 unspecified atom stereocenters. The Labute approximate surface area is 179 Å². The molecule has 0 heterocycles. The number of carboxylic acids is 2. The third-order valence-electron chi connectivity index (χ3n) is 2.38. The van der Waals surface area contributed by atoms with Crippen LogP contribution < -0.4 is 41.0 Å². The van der Waals surface area contributed by atoms with Crippen molar-refractivity contribution in [1.29, 1.82) is 0 Å². The van der Waals surface area contributed by atoms with Crippen LogP contribution in [0, 0.1) is 0 Å². The van der Waals surface area contributed by atoms with Gasteiger partial charge < -0.3 is 21.7 Å². The first-order valence-electron chi connectivity index (χ1n) is 5.59. The molecule has 22 heavy (non-hydrogen) atoms. The minimum atomic E-state index is -0.988. The maximum absolute atomic E-state index is 10.3. The molecule has 0 radical (unpaired) electrons. The van der Waals surface area contributed by atoms with Gasteiger partial charge in [-0.05, 0) is 24.3 Å². The van der Waals surface area contributed by atoms with Crippen molar-refractivity contribution in [3.63, 3.8) is 0 Å². The zero-order chi connectivity index (χ0) is 15.1. The minimum absolute atomic E-state index is 0. The Bertz CT molecular complexity index is 582. The van der Waals surface area contributed by atoms with E-state index >= 15 is 0 Å². The van der Waals surface area contributed by atoms with Gasteiger partial charge in [-0.1, -0.05) is 24.3 Å². The van der Waals surface area contributed by atoms with Crippen LogP contribution >= 0.6 is 0 Å². The number of aromatic carboxylic acids is 2. The minimum Gasteiger partial charge on any atom is -0.478 e. The molecule has 2 aromatic carbocycles. The van der Waals surface area contributed by atoms with E-state index in [1.54, 1.807) is 36.4 Å². The van der Waals surface area contributed by atoms with Gasteiger partial charge in [-0.2, -0.15) is 0 Å². The number of rotatable bonds is 2. The van der Waals surface area contributed by atoms with E-state index in [0.29, 0.717) is 11.4 Å². The fraction of sp³-hybridized carbons (Fsp3) is 0. The van der Waals surface area contributed by atoms with Crippen LogP contribution in [0.3, 0.4) is 0 Å². The summed E-state index contributed by atoms with van der Waals surface area (Å²) in [5.41, 5.74) is 11.6. The van der Waals surface area contributed by atoms with Gasteiger partial charge in [-0.25, -0.2) is 9.59 Å². The van der Waals surface area contributed by atoms with Crippen LogP contribution in [0.2, 0.25) is 0 Å². The molecule has 104 valence electrons. The number of nitrogen functional groups attached to an aromatic ring is 2. The molecule has 0 spiro atoms. The Kier molecular flexibility index (Phi) is 12.6. The van der Waals surface area contributed by atoms with E-state index in [1.807, 2.05) is 0 Å². The van der Waals surface area contributed by atoms with Gasteiger partial charge in [0.2, 0.25) is 0 Å². The van der Waals surface area contributed by atoms with Crippen LogP contribution in [0.15, 0.2) is 48.5 Å². The molecule has 0 bridgehead atoms. The van der Waals surface area contributed by atoms with Crippen molar-refractivity contribution >= 4 is 61.1 Å². The maximum Gasteiger partial charge on any atom is 2.00 e. The fourth-order valence-corrected chi connectivity index (χ4v) is 1.38. The van der Waals surface area contributed by atoms with Crippen molar-refractivity contribution in [2.75, 3.05) is 11.5 Å². The number of carbonyl (C=O) groups is 2. The van der Waals surface area contributed by atoms with Crippen molar-refractivity contribution < 1.29 is 49.4 Å². The quantitative estimate of drug-likeness (QED) is 0.393. The molecular weight excluding hydrogens is 323 g/mol. The number of carboxylic acid groups (broad SMARTS) is 2. The summed E-state index contributed by atoms with van der Waals surface area (Å²) in [6, 6.07) is 12.7. The summed E-state index contributed by atoms with van der Waals surface area (Å²) in [6.07, 6.45) is 0. The maximum atomic E-state index is 10.3. The molecular formula is C14H14CaN2NaO4+3. The molecule has 8 heteroatoms. The topological polar surface area (TPSA) is 127 Å². The van der Waals surface area contributed by atoms with E-state index in [1.165, 1.54) is 12.1 Å². The molecule has 0 amide bonds. The van der Waals surface area contributed by atoms with Gasteiger partial charge in [0.1, 0.15) is 0 Å². The van der Waals surface area contributed by atoms with Gasteiger partial charge in [0.15, 0.2) is 0 Å². The van der Waals surface area contributed by atoms with Gasteiger partial charge in [-0.3, -0.25) is 0 Å². The number of benzene rings is 2. The Balaban J connectivity index is 0. The number of nitrogens with two attached hydrogens (primary N) is 2. The second kappa shape index (κ2) is 11.8. The second-order valence-electron chi connectivity index (χ2n) is 3.78. The van der Waals surface area contributed by atoms with Crippen LogP contribution in [0.4, 0.5) is 11.4 Å². The van der Waals surface area contributed by atoms with E-state index in [9.17, 15) is 9.59 Å². The third-order valence-corrected chi connectivity index (χ3v) is 2.38. The summed E-state index contributed by atoms with van der Waals surface area (Å²) >= 11 is 0. The van der Waals surface area contributed by atoms with E-state index < -0.39 is 11.9 Å². The van der Waals surface area contributed by atoms with Gasteiger partial charge in [0.25, 0.3) is 0 Å². The first-order chi connectivity index (χ1) is 9.43. The predicted octanol–water partition coefficient (Wildman–Crippen LogP) is -1.44. The SMILES string of the molecule is Nc1ccccc1C(=O)O.Nc1ccccc1C(=O)O.[Ca+2].[Na+]. The number of hydrogen-bond donors (Lipinski definition) is 4. The van der Waals surface area contributed by atoms with Crippen LogP contribution in [-0.2, 0) is 0 Å². The predicted molar refractivity (Wildman–Crippen MR) is 81.4 cm³/mol. The Morgan fingerprint density at radius 1 is 0.727 bits per heavy atom. The van der Waals surface area contributed by atoms with Crippen molar-refractivity contribution in [3.8, 4) is 0 Å². The second-order valence-corrected chi connectivity index (χ2v) is 3.78. The van der Waals surface area contributed by atoms with E-state index in [4.69, 9.17) is 21.7 Å².